The fourth-order valence-electron chi connectivity index (χ4n) is 1.71. The van der Waals surface area contributed by atoms with E-state index in [0.29, 0.717) is 29.9 Å². The van der Waals surface area contributed by atoms with Gasteiger partial charge in [0.2, 0.25) is 0 Å². The van der Waals surface area contributed by atoms with Crippen molar-refractivity contribution in [1.82, 2.24) is 15.1 Å². The van der Waals surface area contributed by atoms with Gasteiger partial charge in [0, 0.05) is 13.2 Å². The molecule has 0 unspecified atom stereocenters. The minimum atomic E-state index is -1.01. The van der Waals surface area contributed by atoms with Crippen molar-refractivity contribution >= 4 is 23.6 Å². The standard InChI is InChI=1S/C12H19N3O3S/c1-4-9-8(7-15(2)14-9)11(16)13-10(12(17)18)5-6-19-3/h7,10H,4-6H2,1-3H3,(H,13,16)(H,17,18)/t10-/m1/s1. The van der Waals surface area contributed by atoms with E-state index in [1.54, 1.807) is 29.7 Å². The van der Waals surface area contributed by atoms with Gasteiger partial charge >= 0.3 is 5.97 Å². The summed E-state index contributed by atoms with van der Waals surface area (Å²) in [5.41, 5.74) is 1.12. The molecule has 1 aromatic heterocycles. The summed E-state index contributed by atoms with van der Waals surface area (Å²) in [6.45, 7) is 1.90. The van der Waals surface area contributed by atoms with E-state index in [0.717, 1.165) is 0 Å². The monoisotopic (exact) mass is 285 g/mol. The zero-order chi connectivity index (χ0) is 14.4. The van der Waals surface area contributed by atoms with Gasteiger partial charge in [0.05, 0.1) is 11.3 Å². The van der Waals surface area contributed by atoms with Crippen LogP contribution in [0.2, 0.25) is 0 Å². The molecular formula is C12H19N3O3S. The molecule has 0 aliphatic heterocycles. The first-order valence-corrected chi connectivity index (χ1v) is 7.44. The second-order valence-electron chi connectivity index (χ2n) is 4.16. The number of aromatic nitrogens is 2. The summed E-state index contributed by atoms with van der Waals surface area (Å²) in [5, 5.41) is 15.8. The zero-order valence-corrected chi connectivity index (χ0v) is 12.2. The molecule has 0 radical (unpaired) electrons. The van der Waals surface area contributed by atoms with E-state index in [1.807, 2.05) is 13.2 Å². The molecule has 2 N–H and O–H groups in total. The van der Waals surface area contributed by atoms with Gasteiger partial charge in [0.15, 0.2) is 0 Å². The van der Waals surface area contributed by atoms with Gasteiger partial charge in [-0.3, -0.25) is 9.48 Å². The molecule has 1 heterocycles. The van der Waals surface area contributed by atoms with Crippen LogP contribution in [0.25, 0.3) is 0 Å². The molecule has 0 fully saturated rings. The quantitative estimate of drug-likeness (QED) is 0.778. The number of carboxylic acid groups (broad SMARTS) is 1. The van der Waals surface area contributed by atoms with Crippen molar-refractivity contribution in [2.75, 3.05) is 12.0 Å². The molecule has 0 saturated heterocycles. The predicted octanol–water partition coefficient (Wildman–Crippen LogP) is 0.919. The smallest absolute Gasteiger partial charge is 0.326 e. The molecule has 0 aromatic carbocycles. The summed E-state index contributed by atoms with van der Waals surface area (Å²) in [5.74, 6) is -0.701. The topological polar surface area (TPSA) is 84.2 Å². The minimum Gasteiger partial charge on any atom is -0.480 e. The average Bonchev–Trinajstić information content (AvgIpc) is 2.75. The van der Waals surface area contributed by atoms with Gasteiger partial charge in [0.1, 0.15) is 6.04 Å². The number of aryl methyl sites for hydroxylation is 2. The van der Waals surface area contributed by atoms with Crippen molar-refractivity contribution < 1.29 is 14.7 Å². The van der Waals surface area contributed by atoms with E-state index in [4.69, 9.17) is 5.11 Å². The third-order valence-electron chi connectivity index (χ3n) is 2.70. The molecule has 0 spiro atoms. The lowest BCUT2D eigenvalue weighted by Crippen LogP contribution is -2.41. The first kappa shape index (κ1) is 15.6. The van der Waals surface area contributed by atoms with Crippen LogP contribution >= 0.6 is 11.8 Å². The lowest BCUT2D eigenvalue weighted by Gasteiger charge is -2.13. The van der Waals surface area contributed by atoms with Crippen molar-refractivity contribution in [3.63, 3.8) is 0 Å². The molecule has 0 bridgehead atoms. The number of rotatable bonds is 7. The van der Waals surface area contributed by atoms with Crippen LogP contribution in [0.15, 0.2) is 6.20 Å². The van der Waals surface area contributed by atoms with E-state index < -0.39 is 12.0 Å². The molecule has 0 saturated carbocycles. The highest BCUT2D eigenvalue weighted by molar-refractivity contribution is 7.98. The third kappa shape index (κ3) is 4.27. The summed E-state index contributed by atoms with van der Waals surface area (Å²) >= 11 is 1.55. The molecule has 0 aliphatic carbocycles. The molecular weight excluding hydrogens is 266 g/mol. The van der Waals surface area contributed by atoms with E-state index in [1.165, 1.54) is 0 Å². The maximum absolute atomic E-state index is 12.1. The molecule has 19 heavy (non-hydrogen) atoms. The Balaban J connectivity index is 2.78. The SMILES string of the molecule is CCc1nn(C)cc1C(=O)N[C@H](CCSC)C(=O)O. The van der Waals surface area contributed by atoms with Gasteiger partial charge < -0.3 is 10.4 Å². The Hall–Kier alpha value is -1.50. The molecule has 7 heteroatoms. The van der Waals surface area contributed by atoms with E-state index in [2.05, 4.69) is 10.4 Å². The molecule has 0 aliphatic rings. The van der Waals surface area contributed by atoms with Crippen molar-refractivity contribution in [2.45, 2.75) is 25.8 Å². The summed E-state index contributed by atoms with van der Waals surface area (Å²) in [6, 6.07) is -0.857. The van der Waals surface area contributed by atoms with Crippen molar-refractivity contribution in [3.8, 4) is 0 Å². The molecule has 1 amide bonds. The van der Waals surface area contributed by atoms with Crippen LogP contribution in [0.3, 0.4) is 0 Å². The second kappa shape index (κ2) is 7.18. The number of carbonyl (C=O) groups excluding carboxylic acids is 1. The highest BCUT2D eigenvalue weighted by Gasteiger charge is 2.22. The van der Waals surface area contributed by atoms with Crippen LogP contribution in [0.5, 0.6) is 0 Å². The van der Waals surface area contributed by atoms with Crippen LogP contribution in [-0.4, -0.2) is 44.8 Å². The Morgan fingerprint density at radius 1 is 1.58 bits per heavy atom. The molecule has 1 rings (SSSR count). The van der Waals surface area contributed by atoms with Crippen molar-refractivity contribution in [1.29, 1.82) is 0 Å². The van der Waals surface area contributed by atoms with Crippen LogP contribution in [0.4, 0.5) is 0 Å². The van der Waals surface area contributed by atoms with Crippen LogP contribution in [0.1, 0.15) is 29.4 Å². The summed E-state index contributed by atoms with van der Waals surface area (Å²) in [7, 11) is 1.73. The van der Waals surface area contributed by atoms with Crippen LogP contribution in [0, 0.1) is 0 Å². The van der Waals surface area contributed by atoms with Gasteiger partial charge in [-0.25, -0.2) is 4.79 Å². The number of aliphatic carboxylic acids is 1. The first-order chi connectivity index (χ1) is 8.99. The van der Waals surface area contributed by atoms with E-state index in [9.17, 15) is 9.59 Å². The number of hydrogen-bond acceptors (Lipinski definition) is 4. The lowest BCUT2D eigenvalue weighted by molar-refractivity contribution is -0.139. The average molecular weight is 285 g/mol. The predicted molar refractivity (Wildman–Crippen MR) is 74.5 cm³/mol. The van der Waals surface area contributed by atoms with Gasteiger partial charge in [-0.2, -0.15) is 16.9 Å². The number of carboxylic acids is 1. The number of carbonyl (C=O) groups is 2. The Labute approximate surface area is 116 Å². The van der Waals surface area contributed by atoms with Gasteiger partial charge in [0.25, 0.3) is 5.91 Å². The number of nitrogens with one attached hydrogen (secondary N) is 1. The van der Waals surface area contributed by atoms with Gasteiger partial charge in [-0.15, -0.1) is 0 Å². The van der Waals surface area contributed by atoms with Crippen LogP contribution < -0.4 is 5.32 Å². The number of hydrogen-bond donors (Lipinski definition) is 2. The fraction of sp³-hybridized carbons (Fsp3) is 0.583. The summed E-state index contributed by atoms with van der Waals surface area (Å²) < 4.78 is 1.56. The lowest BCUT2D eigenvalue weighted by atomic mass is 10.1. The van der Waals surface area contributed by atoms with E-state index >= 15 is 0 Å². The zero-order valence-electron chi connectivity index (χ0n) is 11.3. The highest BCUT2D eigenvalue weighted by Crippen LogP contribution is 2.09. The normalized spacial score (nSPS) is 12.2. The van der Waals surface area contributed by atoms with Crippen molar-refractivity contribution in [2.24, 2.45) is 7.05 Å². The van der Waals surface area contributed by atoms with Crippen LogP contribution in [-0.2, 0) is 18.3 Å². The highest BCUT2D eigenvalue weighted by atomic mass is 32.2. The Morgan fingerprint density at radius 3 is 2.79 bits per heavy atom. The number of amides is 1. The Kier molecular flexibility index (Phi) is 5.88. The number of thioether (sulfide) groups is 1. The summed E-state index contributed by atoms with van der Waals surface area (Å²) in [6.07, 6.45) is 4.55. The third-order valence-corrected chi connectivity index (χ3v) is 3.34. The first-order valence-electron chi connectivity index (χ1n) is 6.04. The maximum atomic E-state index is 12.1. The van der Waals surface area contributed by atoms with E-state index in [-0.39, 0.29) is 5.91 Å². The second-order valence-corrected chi connectivity index (χ2v) is 5.15. The Morgan fingerprint density at radius 2 is 2.26 bits per heavy atom. The molecule has 106 valence electrons. The molecule has 1 aromatic rings. The van der Waals surface area contributed by atoms with Gasteiger partial charge in [-0.05, 0) is 24.9 Å². The number of nitrogens with zero attached hydrogens (tertiary/aromatic N) is 2. The fourth-order valence-corrected chi connectivity index (χ4v) is 2.19. The van der Waals surface area contributed by atoms with Gasteiger partial charge in [-0.1, -0.05) is 6.92 Å². The summed E-state index contributed by atoms with van der Waals surface area (Å²) in [4.78, 5) is 23.2. The Bertz CT molecular complexity index is 459. The molecule has 6 nitrogen and oxygen atoms in total. The molecule has 1 atom stereocenters. The van der Waals surface area contributed by atoms with Crippen molar-refractivity contribution in [3.05, 3.63) is 17.5 Å². The maximum Gasteiger partial charge on any atom is 0.326 e. The minimum absolute atomic E-state index is 0.376. The largest absolute Gasteiger partial charge is 0.480 e.